The summed E-state index contributed by atoms with van der Waals surface area (Å²) < 4.78 is 0. The minimum atomic E-state index is 0.0641. The molecule has 5 heteroatoms. The molecule has 1 aliphatic rings. The van der Waals surface area contributed by atoms with Gasteiger partial charge in [0.2, 0.25) is 11.8 Å². The molecule has 1 aliphatic heterocycles. The van der Waals surface area contributed by atoms with Gasteiger partial charge in [-0.05, 0) is 44.5 Å². The molecule has 0 atom stereocenters. The SMILES string of the molecule is CNCCCC(=O)NCCCC(=O)N1CCc2ccccc21. The molecule has 0 spiro atoms. The maximum atomic E-state index is 12.3. The van der Waals surface area contributed by atoms with Gasteiger partial charge in [0.1, 0.15) is 0 Å². The van der Waals surface area contributed by atoms with Crippen molar-refractivity contribution in [1.29, 1.82) is 0 Å². The van der Waals surface area contributed by atoms with Crippen molar-refractivity contribution >= 4 is 17.5 Å². The van der Waals surface area contributed by atoms with Crippen molar-refractivity contribution in [2.45, 2.75) is 32.1 Å². The Morgan fingerprint density at radius 2 is 1.91 bits per heavy atom. The van der Waals surface area contributed by atoms with Crippen LogP contribution < -0.4 is 15.5 Å². The molecule has 0 aliphatic carbocycles. The van der Waals surface area contributed by atoms with E-state index in [1.54, 1.807) is 0 Å². The lowest BCUT2D eigenvalue weighted by Gasteiger charge is -2.17. The van der Waals surface area contributed by atoms with Crippen molar-refractivity contribution in [1.82, 2.24) is 10.6 Å². The molecule has 5 nitrogen and oxygen atoms in total. The summed E-state index contributed by atoms with van der Waals surface area (Å²) in [4.78, 5) is 25.7. The number of fused-ring (bicyclic) bond motifs is 1. The number of para-hydroxylation sites is 1. The smallest absolute Gasteiger partial charge is 0.227 e. The summed E-state index contributed by atoms with van der Waals surface area (Å²) in [7, 11) is 1.88. The number of carbonyl (C=O) groups excluding carboxylic acids is 2. The average molecular weight is 303 g/mol. The number of anilines is 1. The Hall–Kier alpha value is -1.88. The number of nitrogens with one attached hydrogen (secondary N) is 2. The third kappa shape index (κ3) is 4.56. The van der Waals surface area contributed by atoms with Crippen LogP contribution in [-0.4, -0.2) is 38.5 Å². The highest BCUT2D eigenvalue weighted by atomic mass is 16.2. The first kappa shape index (κ1) is 16.5. The molecule has 0 fully saturated rings. The quantitative estimate of drug-likeness (QED) is 0.715. The van der Waals surface area contributed by atoms with E-state index in [0.717, 1.165) is 31.6 Å². The molecule has 120 valence electrons. The lowest BCUT2D eigenvalue weighted by molar-refractivity contribution is -0.122. The van der Waals surface area contributed by atoms with Gasteiger partial charge in [-0.15, -0.1) is 0 Å². The zero-order valence-electron chi connectivity index (χ0n) is 13.2. The van der Waals surface area contributed by atoms with E-state index >= 15 is 0 Å². The van der Waals surface area contributed by atoms with Gasteiger partial charge in [-0.3, -0.25) is 9.59 Å². The lowest BCUT2D eigenvalue weighted by atomic mass is 10.2. The first-order valence-corrected chi connectivity index (χ1v) is 8.02. The number of nitrogens with zero attached hydrogens (tertiary/aromatic N) is 1. The van der Waals surface area contributed by atoms with E-state index in [2.05, 4.69) is 16.7 Å². The van der Waals surface area contributed by atoms with Crippen molar-refractivity contribution < 1.29 is 9.59 Å². The summed E-state index contributed by atoms with van der Waals surface area (Å²) in [5.74, 6) is 0.212. The van der Waals surface area contributed by atoms with Gasteiger partial charge in [0.05, 0.1) is 0 Å². The van der Waals surface area contributed by atoms with Crippen LogP contribution in [-0.2, 0) is 16.0 Å². The van der Waals surface area contributed by atoms with Crippen molar-refractivity contribution in [3.8, 4) is 0 Å². The molecule has 1 aromatic carbocycles. The van der Waals surface area contributed by atoms with Crippen LogP contribution in [0.4, 0.5) is 5.69 Å². The van der Waals surface area contributed by atoms with E-state index in [4.69, 9.17) is 0 Å². The Morgan fingerprint density at radius 3 is 2.73 bits per heavy atom. The minimum absolute atomic E-state index is 0.0641. The van der Waals surface area contributed by atoms with Gasteiger partial charge in [-0.1, -0.05) is 18.2 Å². The lowest BCUT2D eigenvalue weighted by Crippen LogP contribution is -2.30. The van der Waals surface area contributed by atoms with E-state index in [-0.39, 0.29) is 11.8 Å². The molecule has 22 heavy (non-hydrogen) atoms. The molecule has 1 aromatic rings. The highest BCUT2D eigenvalue weighted by molar-refractivity contribution is 5.95. The summed E-state index contributed by atoms with van der Waals surface area (Å²) >= 11 is 0. The largest absolute Gasteiger partial charge is 0.356 e. The second-order valence-electron chi connectivity index (χ2n) is 5.58. The van der Waals surface area contributed by atoms with Crippen molar-refractivity contribution in [3.05, 3.63) is 29.8 Å². The van der Waals surface area contributed by atoms with Crippen molar-refractivity contribution in [3.63, 3.8) is 0 Å². The predicted octanol–water partition coefficient (Wildman–Crippen LogP) is 1.47. The molecule has 0 aromatic heterocycles. The minimum Gasteiger partial charge on any atom is -0.356 e. The maximum Gasteiger partial charge on any atom is 0.227 e. The van der Waals surface area contributed by atoms with Gasteiger partial charge >= 0.3 is 0 Å². The van der Waals surface area contributed by atoms with Gasteiger partial charge in [0.25, 0.3) is 0 Å². The van der Waals surface area contributed by atoms with Gasteiger partial charge < -0.3 is 15.5 Å². The summed E-state index contributed by atoms with van der Waals surface area (Å²) in [6.45, 7) is 2.19. The van der Waals surface area contributed by atoms with E-state index in [1.807, 2.05) is 30.1 Å². The van der Waals surface area contributed by atoms with Crippen LogP contribution in [0.25, 0.3) is 0 Å². The fourth-order valence-corrected chi connectivity index (χ4v) is 2.71. The van der Waals surface area contributed by atoms with Crippen LogP contribution in [0.5, 0.6) is 0 Å². The number of hydrogen-bond acceptors (Lipinski definition) is 3. The van der Waals surface area contributed by atoms with Crippen LogP contribution in [0.2, 0.25) is 0 Å². The van der Waals surface area contributed by atoms with E-state index in [0.29, 0.717) is 25.8 Å². The molecule has 0 bridgehead atoms. The second-order valence-corrected chi connectivity index (χ2v) is 5.58. The van der Waals surface area contributed by atoms with Crippen LogP contribution in [0, 0.1) is 0 Å². The number of amides is 2. The Labute approximate surface area is 132 Å². The van der Waals surface area contributed by atoms with Crippen LogP contribution in [0.15, 0.2) is 24.3 Å². The van der Waals surface area contributed by atoms with Gasteiger partial charge in [-0.2, -0.15) is 0 Å². The number of hydrogen-bond donors (Lipinski definition) is 2. The van der Waals surface area contributed by atoms with Gasteiger partial charge in [0.15, 0.2) is 0 Å². The molecule has 0 saturated heterocycles. The van der Waals surface area contributed by atoms with E-state index in [9.17, 15) is 9.59 Å². The third-order valence-corrected chi connectivity index (χ3v) is 3.91. The van der Waals surface area contributed by atoms with E-state index in [1.165, 1.54) is 5.56 Å². The molecule has 1 heterocycles. The topological polar surface area (TPSA) is 61.4 Å². The van der Waals surface area contributed by atoms with Crippen LogP contribution >= 0.6 is 0 Å². The van der Waals surface area contributed by atoms with Crippen LogP contribution in [0.1, 0.15) is 31.2 Å². The zero-order chi connectivity index (χ0) is 15.8. The van der Waals surface area contributed by atoms with Crippen LogP contribution in [0.3, 0.4) is 0 Å². The average Bonchev–Trinajstić information content (AvgIpc) is 2.96. The summed E-state index contributed by atoms with van der Waals surface area (Å²) in [6, 6.07) is 8.06. The molecule has 2 N–H and O–H groups in total. The molecular formula is C17H25N3O2. The van der Waals surface area contributed by atoms with Crippen molar-refractivity contribution in [2.24, 2.45) is 0 Å². The molecular weight excluding hydrogens is 278 g/mol. The standard InChI is InChI=1S/C17H25N3O2/c1-18-11-4-8-16(21)19-12-5-9-17(22)20-13-10-14-6-2-3-7-15(14)20/h2-3,6-7,18H,4-5,8-13H2,1H3,(H,19,21). The normalized spacial score (nSPS) is 13.0. The Balaban J connectivity index is 1.66. The highest BCUT2D eigenvalue weighted by Crippen LogP contribution is 2.27. The Bertz CT molecular complexity index is 516. The number of rotatable bonds is 8. The molecule has 2 rings (SSSR count). The third-order valence-electron chi connectivity index (χ3n) is 3.91. The fraction of sp³-hybridized carbons (Fsp3) is 0.529. The monoisotopic (exact) mass is 303 g/mol. The summed E-state index contributed by atoms with van der Waals surface area (Å²) in [6.07, 6.45) is 3.48. The molecule has 0 unspecified atom stereocenters. The maximum absolute atomic E-state index is 12.3. The first-order valence-electron chi connectivity index (χ1n) is 8.02. The summed E-state index contributed by atoms with van der Waals surface area (Å²) in [5.41, 5.74) is 2.29. The van der Waals surface area contributed by atoms with Crippen molar-refractivity contribution in [2.75, 3.05) is 31.6 Å². The predicted molar refractivity (Wildman–Crippen MR) is 87.9 cm³/mol. The van der Waals surface area contributed by atoms with Gasteiger partial charge in [-0.25, -0.2) is 0 Å². The second kappa shape index (κ2) is 8.54. The van der Waals surface area contributed by atoms with Gasteiger partial charge in [0, 0.05) is 31.6 Å². The highest BCUT2D eigenvalue weighted by Gasteiger charge is 2.23. The number of carbonyl (C=O) groups is 2. The molecule has 0 saturated carbocycles. The molecule has 0 radical (unpaired) electrons. The number of benzene rings is 1. The molecule has 2 amide bonds. The zero-order valence-corrected chi connectivity index (χ0v) is 13.2. The first-order chi connectivity index (χ1) is 10.7. The summed E-state index contributed by atoms with van der Waals surface area (Å²) in [5, 5.41) is 5.88. The van der Waals surface area contributed by atoms with E-state index < -0.39 is 0 Å². The fourth-order valence-electron chi connectivity index (χ4n) is 2.71. The Kier molecular flexibility index (Phi) is 6.40. The Morgan fingerprint density at radius 1 is 1.14 bits per heavy atom.